The summed E-state index contributed by atoms with van der Waals surface area (Å²) in [6, 6.07) is 25.6. The highest BCUT2D eigenvalue weighted by Crippen LogP contribution is 2.35. The molecule has 1 unspecified atom stereocenters. The summed E-state index contributed by atoms with van der Waals surface area (Å²) in [6.45, 7) is 5.52. The fourth-order valence-corrected chi connectivity index (χ4v) is 5.90. The largest absolute Gasteiger partial charge is 0.444 e. The zero-order valence-electron chi connectivity index (χ0n) is 22.5. The molecule has 2 amide bonds. The van der Waals surface area contributed by atoms with Crippen molar-refractivity contribution >= 4 is 51.3 Å². The fraction of sp³-hybridized carbons (Fsp3) is 0.194. The number of rotatable bonds is 8. The molecule has 3 heterocycles. The molecule has 5 aromatic rings. The molecule has 7 nitrogen and oxygen atoms in total. The maximum absolute atomic E-state index is 13.4. The number of fused-ring (bicyclic) bond motifs is 1. The number of hydrogen-bond acceptors (Lipinski definition) is 6. The molecule has 0 saturated heterocycles. The molecular weight excluding hydrogens is 541 g/mol. The molecule has 0 bridgehead atoms. The summed E-state index contributed by atoms with van der Waals surface area (Å²) in [6.07, 6.45) is 3.28. The number of ether oxygens (including phenoxy) is 1. The van der Waals surface area contributed by atoms with Crippen LogP contribution in [0.15, 0.2) is 102 Å². The second kappa shape index (κ2) is 12.0. The van der Waals surface area contributed by atoms with Gasteiger partial charge in [0.1, 0.15) is 5.60 Å². The quantitative estimate of drug-likeness (QED) is 0.201. The lowest BCUT2D eigenvalue weighted by Gasteiger charge is -2.22. The molecule has 0 aliphatic carbocycles. The summed E-state index contributed by atoms with van der Waals surface area (Å²) in [5, 5.41) is 9.58. The molecule has 204 valence electrons. The Morgan fingerprint density at radius 2 is 1.75 bits per heavy atom. The average molecular weight is 571 g/mol. The van der Waals surface area contributed by atoms with Crippen molar-refractivity contribution < 1.29 is 14.3 Å². The van der Waals surface area contributed by atoms with E-state index in [-0.39, 0.29) is 12.5 Å². The van der Waals surface area contributed by atoms with Crippen molar-refractivity contribution in [1.82, 2.24) is 14.3 Å². The minimum Gasteiger partial charge on any atom is -0.444 e. The van der Waals surface area contributed by atoms with Gasteiger partial charge in [-0.05, 0) is 79.7 Å². The Morgan fingerprint density at radius 3 is 2.48 bits per heavy atom. The first-order chi connectivity index (χ1) is 19.3. The molecule has 5 rings (SSSR count). The third-order valence-electron chi connectivity index (χ3n) is 6.03. The van der Waals surface area contributed by atoms with Crippen molar-refractivity contribution in [2.75, 3.05) is 11.9 Å². The van der Waals surface area contributed by atoms with Gasteiger partial charge in [-0.15, -0.1) is 11.3 Å². The predicted molar refractivity (Wildman–Crippen MR) is 163 cm³/mol. The number of hydrogen-bond donors (Lipinski definition) is 2. The molecule has 0 spiro atoms. The Kier molecular flexibility index (Phi) is 8.23. The number of aromatic nitrogens is 2. The van der Waals surface area contributed by atoms with Gasteiger partial charge in [0, 0.05) is 34.6 Å². The fourth-order valence-electron chi connectivity index (χ4n) is 4.23. The lowest BCUT2D eigenvalue weighted by atomic mass is 9.98. The normalized spacial score (nSPS) is 12.2. The molecule has 3 aromatic heterocycles. The Bertz CT molecular complexity index is 1610. The summed E-state index contributed by atoms with van der Waals surface area (Å²) in [5.41, 5.74) is 3.10. The minimum absolute atomic E-state index is 0.112. The Hall–Kier alpha value is -4.08. The number of nitrogens with one attached hydrogen (secondary N) is 2. The zero-order valence-corrected chi connectivity index (χ0v) is 24.1. The second-order valence-corrected chi connectivity index (χ2v) is 12.1. The van der Waals surface area contributed by atoms with Crippen LogP contribution in [0.4, 0.5) is 9.80 Å². The van der Waals surface area contributed by atoms with Crippen LogP contribution in [-0.4, -0.2) is 33.1 Å². The summed E-state index contributed by atoms with van der Waals surface area (Å²) in [4.78, 5) is 31.5. The van der Waals surface area contributed by atoms with E-state index in [1.807, 2.05) is 78.4 Å². The van der Waals surface area contributed by atoms with Crippen LogP contribution >= 0.6 is 23.3 Å². The van der Waals surface area contributed by atoms with Crippen molar-refractivity contribution in [2.24, 2.45) is 0 Å². The summed E-state index contributed by atoms with van der Waals surface area (Å²) in [7, 11) is 0. The lowest BCUT2D eigenvalue weighted by Crippen LogP contribution is -2.37. The first-order valence-electron chi connectivity index (χ1n) is 12.9. The van der Waals surface area contributed by atoms with Crippen molar-refractivity contribution in [2.45, 2.75) is 37.2 Å². The minimum atomic E-state index is -0.623. The second-order valence-electron chi connectivity index (χ2n) is 10.2. The van der Waals surface area contributed by atoms with E-state index in [1.54, 1.807) is 32.7 Å². The van der Waals surface area contributed by atoms with Gasteiger partial charge in [0.2, 0.25) is 5.91 Å². The van der Waals surface area contributed by atoms with Crippen LogP contribution in [0.3, 0.4) is 0 Å². The highest BCUT2D eigenvalue weighted by molar-refractivity contribution is 7.98. The summed E-state index contributed by atoms with van der Waals surface area (Å²) < 4.78 is 7.42. The smallest absolute Gasteiger partial charge is 0.407 e. The van der Waals surface area contributed by atoms with Crippen LogP contribution in [0.25, 0.3) is 22.2 Å². The zero-order chi connectivity index (χ0) is 28.1. The van der Waals surface area contributed by atoms with E-state index in [4.69, 9.17) is 4.74 Å². The van der Waals surface area contributed by atoms with Gasteiger partial charge in [-0.2, -0.15) is 0 Å². The van der Waals surface area contributed by atoms with Gasteiger partial charge >= 0.3 is 6.09 Å². The monoisotopic (exact) mass is 570 g/mol. The van der Waals surface area contributed by atoms with E-state index in [1.165, 1.54) is 11.3 Å². The molecule has 0 fully saturated rings. The Balaban J connectivity index is 1.33. The van der Waals surface area contributed by atoms with E-state index in [0.29, 0.717) is 0 Å². The first-order valence-corrected chi connectivity index (χ1v) is 14.5. The third kappa shape index (κ3) is 6.73. The van der Waals surface area contributed by atoms with E-state index >= 15 is 0 Å². The van der Waals surface area contributed by atoms with Gasteiger partial charge < -0.3 is 15.4 Å². The molecule has 9 heteroatoms. The highest BCUT2D eigenvalue weighted by atomic mass is 32.2. The molecule has 0 aliphatic heterocycles. The number of carbonyl (C=O) groups excluding carboxylic acids is 2. The number of thiophene rings is 1. The number of amides is 2. The van der Waals surface area contributed by atoms with Crippen LogP contribution in [0.2, 0.25) is 0 Å². The van der Waals surface area contributed by atoms with Crippen LogP contribution in [0.1, 0.15) is 32.3 Å². The van der Waals surface area contributed by atoms with Gasteiger partial charge in [-0.25, -0.2) is 9.78 Å². The summed E-state index contributed by atoms with van der Waals surface area (Å²) in [5.74, 6) is -0.795. The third-order valence-corrected chi connectivity index (χ3v) is 7.85. The van der Waals surface area contributed by atoms with E-state index in [0.717, 1.165) is 37.6 Å². The SMILES string of the molecule is CC(C)(C)OC(=O)NCC(C(=O)Nc1cc(-c2ccnc3c2ccn3Sc2ccccc2)cs1)c1ccccc1. The standard InChI is InChI=1S/C31H30N4O3S2/c1-31(2,3)38-30(37)33-19-26(21-10-6-4-7-11-21)29(36)34-27-18-22(20-39-27)24-14-16-32-28-25(24)15-17-35(28)40-23-12-8-5-9-13-23/h4-18,20,26H,19H2,1-3H3,(H,33,37)(H,34,36). The molecular formula is C31H30N4O3S2. The summed E-state index contributed by atoms with van der Waals surface area (Å²) >= 11 is 3.07. The maximum Gasteiger partial charge on any atom is 0.407 e. The molecule has 1 atom stereocenters. The van der Waals surface area contributed by atoms with Gasteiger partial charge in [0.25, 0.3) is 0 Å². The number of alkyl carbamates (subject to hydrolysis) is 1. The topological polar surface area (TPSA) is 85.2 Å². The Labute approximate surface area is 241 Å². The molecule has 2 aromatic carbocycles. The molecule has 0 aliphatic rings. The average Bonchev–Trinajstić information content (AvgIpc) is 3.56. The highest BCUT2D eigenvalue weighted by Gasteiger charge is 2.24. The van der Waals surface area contributed by atoms with Crippen molar-refractivity contribution in [3.8, 4) is 11.1 Å². The van der Waals surface area contributed by atoms with Crippen LogP contribution in [-0.2, 0) is 9.53 Å². The number of pyridine rings is 1. The molecule has 40 heavy (non-hydrogen) atoms. The van der Waals surface area contributed by atoms with E-state index in [9.17, 15) is 9.59 Å². The first kappa shape index (κ1) is 27.5. The Morgan fingerprint density at radius 1 is 1.02 bits per heavy atom. The van der Waals surface area contributed by atoms with Crippen molar-refractivity contribution in [3.05, 3.63) is 102 Å². The van der Waals surface area contributed by atoms with Crippen molar-refractivity contribution in [1.29, 1.82) is 0 Å². The van der Waals surface area contributed by atoms with Gasteiger partial charge in [-0.3, -0.25) is 8.77 Å². The van der Waals surface area contributed by atoms with Crippen LogP contribution in [0.5, 0.6) is 0 Å². The lowest BCUT2D eigenvalue weighted by molar-refractivity contribution is -0.117. The maximum atomic E-state index is 13.4. The van der Waals surface area contributed by atoms with E-state index in [2.05, 4.69) is 37.8 Å². The van der Waals surface area contributed by atoms with Gasteiger partial charge in [0.05, 0.1) is 10.9 Å². The molecule has 2 N–H and O–H groups in total. The molecule has 0 saturated carbocycles. The van der Waals surface area contributed by atoms with Crippen molar-refractivity contribution in [3.63, 3.8) is 0 Å². The number of anilines is 1. The number of carbonyl (C=O) groups is 2. The van der Waals surface area contributed by atoms with Gasteiger partial charge in [0.15, 0.2) is 5.65 Å². The molecule has 0 radical (unpaired) electrons. The van der Waals surface area contributed by atoms with Gasteiger partial charge in [-0.1, -0.05) is 48.5 Å². The number of nitrogens with zero attached hydrogens (tertiary/aromatic N) is 2. The van der Waals surface area contributed by atoms with Crippen LogP contribution < -0.4 is 10.6 Å². The number of benzene rings is 2. The van der Waals surface area contributed by atoms with Crippen LogP contribution in [0, 0.1) is 0 Å². The predicted octanol–water partition coefficient (Wildman–Crippen LogP) is 7.57. The van der Waals surface area contributed by atoms with E-state index < -0.39 is 17.6 Å².